The largest absolute Gasteiger partial charge is 0.370 e. The van der Waals surface area contributed by atoms with Crippen molar-refractivity contribution in [2.75, 3.05) is 18.4 Å². The van der Waals surface area contributed by atoms with Crippen LogP contribution in [0.5, 0.6) is 0 Å². The van der Waals surface area contributed by atoms with Crippen molar-refractivity contribution in [3.05, 3.63) is 47.9 Å². The predicted octanol–water partition coefficient (Wildman–Crippen LogP) is 1.55. The van der Waals surface area contributed by atoms with Crippen molar-refractivity contribution < 1.29 is 13.2 Å². The minimum atomic E-state index is -3.68. The molecule has 0 spiro atoms. The quantitative estimate of drug-likeness (QED) is 0.595. The van der Waals surface area contributed by atoms with Gasteiger partial charge in [-0.25, -0.2) is 23.5 Å². The first-order chi connectivity index (χ1) is 12.8. The minimum Gasteiger partial charge on any atom is -0.370 e. The third-order valence-corrected chi connectivity index (χ3v) is 4.81. The molecule has 0 aliphatic heterocycles. The Morgan fingerprint density at radius 1 is 1.15 bits per heavy atom. The van der Waals surface area contributed by atoms with Gasteiger partial charge in [0.05, 0.1) is 4.90 Å². The summed E-state index contributed by atoms with van der Waals surface area (Å²) < 4.78 is 22.5. The standard InChI is InChI=1S/C18H25N5O3S/c1-13(2)7-9-21-18(24)16-11-17(23-12-22-16)20-10-8-14-3-5-15(6-4-14)27(19,25)26/h3-6,11-13H,7-10H2,1-2H3,(H,21,24)(H2,19,25,26)(H,20,22,23). The highest BCUT2D eigenvalue weighted by Gasteiger charge is 2.09. The van der Waals surface area contributed by atoms with Crippen molar-refractivity contribution in [3.8, 4) is 0 Å². The molecular formula is C18H25N5O3S. The Hall–Kier alpha value is -2.52. The Labute approximate surface area is 159 Å². The normalized spacial score (nSPS) is 11.4. The first-order valence-electron chi connectivity index (χ1n) is 8.71. The van der Waals surface area contributed by atoms with Crippen LogP contribution in [0.2, 0.25) is 0 Å². The molecule has 0 saturated carbocycles. The van der Waals surface area contributed by atoms with Gasteiger partial charge >= 0.3 is 0 Å². The lowest BCUT2D eigenvalue weighted by molar-refractivity contribution is 0.0947. The maximum atomic E-state index is 12.1. The zero-order chi connectivity index (χ0) is 19.9. The number of anilines is 1. The number of carbonyl (C=O) groups excluding carboxylic acids is 1. The third kappa shape index (κ3) is 6.95. The molecule has 1 amide bonds. The molecule has 0 unspecified atom stereocenters. The van der Waals surface area contributed by atoms with Gasteiger partial charge in [-0.2, -0.15) is 0 Å². The summed E-state index contributed by atoms with van der Waals surface area (Å²) in [7, 11) is -3.68. The van der Waals surface area contributed by atoms with Gasteiger partial charge in [0.1, 0.15) is 17.8 Å². The van der Waals surface area contributed by atoms with E-state index in [1.807, 2.05) is 0 Å². The van der Waals surface area contributed by atoms with E-state index in [1.165, 1.54) is 18.5 Å². The molecule has 0 aliphatic rings. The summed E-state index contributed by atoms with van der Waals surface area (Å²) in [5, 5.41) is 11.1. The molecule has 0 radical (unpaired) electrons. The van der Waals surface area contributed by atoms with E-state index in [4.69, 9.17) is 5.14 Å². The molecule has 0 bridgehead atoms. The zero-order valence-corrected chi connectivity index (χ0v) is 16.3. The van der Waals surface area contributed by atoms with Crippen LogP contribution in [-0.4, -0.2) is 37.4 Å². The number of hydrogen-bond acceptors (Lipinski definition) is 6. The van der Waals surface area contributed by atoms with Crippen molar-refractivity contribution in [1.82, 2.24) is 15.3 Å². The molecule has 0 aliphatic carbocycles. The Morgan fingerprint density at radius 2 is 1.85 bits per heavy atom. The van der Waals surface area contributed by atoms with Gasteiger partial charge < -0.3 is 10.6 Å². The second-order valence-corrected chi connectivity index (χ2v) is 8.15. The van der Waals surface area contributed by atoms with Gasteiger partial charge in [-0.1, -0.05) is 26.0 Å². The highest BCUT2D eigenvalue weighted by atomic mass is 32.2. The molecule has 2 aromatic rings. The molecule has 1 heterocycles. The van der Waals surface area contributed by atoms with Gasteiger partial charge in [-0.15, -0.1) is 0 Å². The molecule has 27 heavy (non-hydrogen) atoms. The number of nitrogens with zero attached hydrogens (tertiary/aromatic N) is 2. The number of benzene rings is 1. The van der Waals surface area contributed by atoms with Crippen LogP contribution >= 0.6 is 0 Å². The van der Waals surface area contributed by atoms with Crippen LogP contribution in [0, 0.1) is 5.92 Å². The summed E-state index contributed by atoms with van der Waals surface area (Å²) in [6.07, 6.45) is 2.91. The summed E-state index contributed by atoms with van der Waals surface area (Å²) >= 11 is 0. The molecule has 4 N–H and O–H groups in total. The molecule has 0 fully saturated rings. The average Bonchev–Trinajstić information content (AvgIpc) is 2.61. The maximum Gasteiger partial charge on any atom is 0.270 e. The fourth-order valence-electron chi connectivity index (χ4n) is 2.32. The smallest absolute Gasteiger partial charge is 0.270 e. The van der Waals surface area contributed by atoms with Crippen LogP contribution in [0.1, 0.15) is 36.3 Å². The highest BCUT2D eigenvalue weighted by Crippen LogP contribution is 2.10. The van der Waals surface area contributed by atoms with Crippen LogP contribution in [0.4, 0.5) is 5.82 Å². The minimum absolute atomic E-state index is 0.0862. The number of amides is 1. The lowest BCUT2D eigenvalue weighted by atomic mass is 10.1. The van der Waals surface area contributed by atoms with Gasteiger partial charge in [0.25, 0.3) is 5.91 Å². The number of hydrogen-bond donors (Lipinski definition) is 3. The second-order valence-electron chi connectivity index (χ2n) is 6.59. The zero-order valence-electron chi connectivity index (χ0n) is 15.5. The van der Waals surface area contributed by atoms with Crippen LogP contribution in [0.25, 0.3) is 0 Å². The first-order valence-corrected chi connectivity index (χ1v) is 10.3. The number of nitrogens with one attached hydrogen (secondary N) is 2. The van der Waals surface area contributed by atoms with E-state index in [-0.39, 0.29) is 10.8 Å². The van der Waals surface area contributed by atoms with Crippen molar-refractivity contribution in [1.29, 1.82) is 0 Å². The molecule has 0 saturated heterocycles. The maximum absolute atomic E-state index is 12.1. The number of rotatable bonds is 9. The Balaban J connectivity index is 1.86. The molecule has 0 atom stereocenters. The highest BCUT2D eigenvalue weighted by molar-refractivity contribution is 7.89. The fraction of sp³-hybridized carbons (Fsp3) is 0.389. The van der Waals surface area contributed by atoms with Crippen LogP contribution in [0.15, 0.2) is 41.6 Å². The van der Waals surface area contributed by atoms with E-state index in [9.17, 15) is 13.2 Å². The van der Waals surface area contributed by atoms with Crippen LogP contribution in [-0.2, 0) is 16.4 Å². The number of nitrogens with two attached hydrogens (primary N) is 1. The van der Waals surface area contributed by atoms with Gasteiger partial charge in [0.2, 0.25) is 10.0 Å². The van der Waals surface area contributed by atoms with Crippen LogP contribution in [0.3, 0.4) is 0 Å². The van der Waals surface area contributed by atoms with E-state index >= 15 is 0 Å². The number of aromatic nitrogens is 2. The summed E-state index contributed by atoms with van der Waals surface area (Å²) in [6, 6.07) is 8.00. The van der Waals surface area contributed by atoms with Crippen molar-refractivity contribution >= 4 is 21.7 Å². The van der Waals surface area contributed by atoms with Gasteiger partial charge in [0, 0.05) is 19.2 Å². The molecule has 9 heteroatoms. The summed E-state index contributed by atoms with van der Waals surface area (Å²) in [5.74, 6) is 0.854. The summed E-state index contributed by atoms with van der Waals surface area (Å²) in [5.41, 5.74) is 1.27. The second kappa shape index (κ2) is 9.43. The first kappa shape index (κ1) is 20.8. The number of primary sulfonamides is 1. The van der Waals surface area contributed by atoms with E-state index in [2.05, 4.69) is 34.4 Å². The lowest BCUT2D eigenvalue weighted by Crippen LogP contribution is -2.26. The van der Waals surface area contributed by atoms with Crippen molar-refractivity contribution in [2.24, 2.45) is 11.1 Å². The van der Waals surface area contributed by atoms with E-state index in [0.717, 1.165) is 12.0 Å². The van der Waals surface area contributed by atoms with Crippen molar-refractivity contribution in [2.45, 2.75) is 31.6 Å². The summed E-state index contributed by atoms with van der Waals surface area (Å²) in [6.45, 7) is 5.38. The molecule has 1 aromatic carbocycles. The molecule has 2 rings (SSSR count). The Bertz CT molecular complexity index is 867. The number of sulfonamides is 1. The van der Waals surface area contributed by atoms with Crippen molar-refractivity contribution in [3.63, 3.8) is 0 Å². The van der Waals surface area contributed by atoms with Gasteiger partial charge in [-0.05, 0) is 36.5 Å². The molecular weight excluding hydrogens is 366 g/mol. The monoisotopic (exact) mass is 391 g/mol. The predicted molar refractivity (Wildman–Crippen MR) is 104 cm³/mol. The summed E-state index contributed by atoms with van der Waals surface area (Å²) in [4.78, 5) is 20.3. The third-order valence-electron chi connectivity index (χ3n) is 3.88. The Morgan fingerprint density at radius 3 is 2.48 bits per heavy atom. The molecule has 8 nitrogen and oxygen atoms in total. The average molecular weight is 391 g/mol. The Kier molecular flexibility index (Phi) is 7.26. The van der Waals surface area contributed by atoms with E-state index in [0.29, 0.717) is 36.9 Å². The molecule has 146 valence electrons. The topological polar surface area (TPSA) is 127 Å². The SMILES string of the molecule is CC(C)CCNC(=O)c1cc(NCCc2ccc(S(N)(=O)=O)cc2)ncn1. The van der Waals surface area contributed by atoms with Gasteiger partial charge in [-0.3, -0.25) is 4.79 Å². The van der Waals surface area contributed by atoms with Gasteiger partial charge in [0.15, 0.2) is 0 Å². The van der Waals surface area contributed by atoms with E-state index < -0.39 is 10.0 Å². The molecule has 1 aromatic heterocycles. The number of carbonyl (C=O) groups is 1. The lowest BCUT2D eigenvalue weighted by Gasteiger charge is -2.09. The van der Waals surface area contributed by atoms with E-state index in [1.54, 1.807) is 18.2 Å². The van der Waals surface area contributed by atoms with Crippen LogP contribution < -0.4 is 15.8 Å². The fourth-order valence-corrected chi connectivity index (χ4v) is 2.84.